The van der Waals surface area contributed by atoms with Gasteiger partial charge in [-0.1, -0.05) is 36.4 Å². The Morgan fingerprint density at radius 3 is 2.52 bits per heavy atom. The number of nitrogens with zero attached hydrogens (tertiary/aromatic N) is 1. The second kappa shape index (κ2) is 7.03. The highest BCUT2D eigenvalue weighted by Gasteiger charge is 2.46. The fourth-order valence-electron chi connectivity index (χ4n) is 2.91. The maximum Gasteiger partial charge on any atom is 0.338 e. The molecule has 3 N–H and O–H groups in total. The molecule has 0 saturated heterocycles. The first kappa shape index (κ1) is 17.1. The van der Waals surface area contributed by atoms with Crippen LogP contribution >= 0.6 is 0 Å². The molecule has 132 valence electrons. The van der Waals surface area contributed by atoms with Crippen molar-refractivity contribution in [1.29, 1.82) is 0 Å². The van der Waals surface area contributed by atoms with E-state index in [0.29, 0.717) is 23.2 Å². The minimum absolute atomic E-state index is 0.176. The van der Waals surface area contributed by atoms with Crippen molar-refractivity contribution in [3.63, 3.8) is 0 Å². The number of primary amides is 1. The van der Waals surface area contributed by atoms with Crippen molar-refractivity contribution in [3.05, 3.63) is 59.7 Å². The average Bonchev–Trinajstić information content (AvgIpc) is 3.41. The van der Waals surface area contributed by atoms with Crippen LogP contribution in [0.5, 0.6) is 11.5 Å². The summed E-state index contributed by atoms with van der Waals surface area (Å²) in [4.78, 5) is 11.1. The van der Waals surface area contributed by atoms with Crippen LogP contribution in [0.2, 0.25) is 0 Å². The third kappa shape index (κ3) is 3.85. The van der Waals surface area contributed by atoms with Gasteiger partial charge in [-0.15, -0.1) is 0 Å². The Bertz CT molecular complexity index is 744. The van der Waals surface area contributed by atoms with Gasteiger partial charge in [0.1, 0.15) is 6.61 Å². The van der Waals surface area contributed by atoms with Crippen LogP contribution < -0.4 is 15.2 Å². The van der Waals surface area contributed by atoms with E-state index >= 15 is 0 Å². The lowest BCUT2D eigenvalue weighted by Gasteiger charge is -2.22. The summed E-state index contributed by atoms with van der Waals surface area (Å²) in [7, 11) is 1.59. The molecule has 0 bridgehead atoms. The van der Waals surface area contributed by atoms with Gasteiger partial charge in [-0.05, 0) is 36.1 Å². The topological polar surface area (TPSA) is 85.0 Å². The zero-order chi connectivity index (χ0) is 17.9. The van der Waals surface area contributed by atoms with Gasteiger partial charge in [-0.2, -0.15) is 0 Å². The summed E-state index contributed by atoms with van der Waals surface area (Å²) in [6.45, 7) is 0.628. The van der Waals surface area contributed by atoms with Gasteiger partial charge < -0.3 is 15.2 Å². The molecule has 1 fully saturated rings. The molecule has 0 radical (unpaired) electrons. The van der Waals surface area contributed by atoms with Crippen LogP contribution in [0.4, 0.5) is 4.79 Å². The Kier molecular flexibility index (Phi) is 4.81. The van der Waals surface area contributed by atoms with Crippen molar-refractivity contribution in [1.82, 2.24) is 5.06 Å². The van der Waals surface area contributed by atoms with Crippen LogP contribution in [0, 0.1) is 0 Å². The molecule has 6 heteroatoms. The Labute approximate surface area is 146 Å². The first-order valence-corrected chi connectivity index (χ1v) is 8.15. The van der Waals surface area contributed by atoms with E-state index in [1.54, 1.807) is 7.11 Å². The molecule has 2 amide bonds. The number of amides is 2. The lowest BCUT2D eigenvalue weighted by Crippen LogP contribution is -2.38. The highest BCUT2D eigenvalue weighted by molar-refractivity contribution is 5.70. The minimum atomic E-state index is -0.846. The Balaban J connectivity index is 1.74. The fraction of sp³-hybridized carbons (Fsp3) is 0.316. The molecule has 0 atom stereocenters. The average molecular weight is 342 g/mol. The smallest absolute Gasteiger partial charge is 0.338 e. The zero-order valence-electron chi connectivity index (χ0n) is 14.1. The number of hydroxylamine groups is 2. The largest absolute Gasteiger partial charge is 0.493 e. The standard InChI is InChI=1S/C19H22N2O4/c1-24-17-11-15(19(9-10-19)13-21(23)18(20)22)7-8-16(17)25-12-14-5-3-2-4-6-14/h2-8,11,23H,9-10,12-13H2,1H3,(H2,20,22). The summed E-state index contributed by atoms with van der Waals surface area (Å²) >= 11 is 0. The van der Waals surface area contributed by atoms with Gasteiger partial charge in [-0.25, -0.2) is 9.86 Å². The molecule has 1 aliphatic rings. The zero-order valence-corrected chi connectivity index (χ0v) is 14.1. The first-order chi connectivity index (χ1) is 12.0. The molecular weight excluding hydrogens is 320 g/mol. The summed E-state index contributed by atoms with van der Waals surface area (Å²) in [6, 6.07) is 14.8. The Morgan fingerprint density at radius 1 is 1.20 bits per heavy atom. The minimum Gasteiger partial charge on any atom is -0.493 e. The van der Waals surface area contributed by atoms with Crippen molar-refractivity contribution in [2.45, 2.75) is 24.9 Å². The van der Waals surface area contributed by atoms with Crippen LogP contribution in [-0.2, 0) is 12.0 Å². The van der Waals surface area contributed by atoms with Crippen molar-refractivity contribution in [3.8, 4) is 11.5 Å². The summed E-state index contributed by atoms with van der Waals surface area (Å²) in [5.41, 5.74) is 6.92. The van der Waals surface area contributed by atoms with Gasteiger partial charge in [0, 0.05) is 5.41 Å². The number of benzene rings is 2. The van der Waals surface area contributed by atoms with E-state index in [2.05, 4.69) is 0 Å². The molecule has 2 aromatic rings. The number of hydrogen-bond donors (Lipinski definition) is 2. The monoisotopic (exact) mass is 342 g/mol. The molecule has 6 nitrogen and oxygen atoms in total. The van der Waals surface area contributed by atoms with Crippen molar-refractivity contribution in [2.24, 2.45) is 5.73 Å². The fourth-order valence-corrected chi connectivity index (χ4v) is 2.91. The number of carbonyl (C=O) groups excluding carboxylic acids is 1. The van der Waals surface area contributed by atoms with Crippen LogP contribution in [0.3, 0.4) is 0 Å². The predicted octanol–water partition coefficient (Wildman–Crippen LogP) is 3.08. The molecule has 25 heavy (non-hydrogen) atoms. The highest BCUT2D eigenvalue weighted by atomic mass is 16.5. The lowest BCUT2D eigenvalue weighted by atomic mass is 9.95. The third-order valence-electron chi connectivity index (χ3n) is 4.57. The molecule has 3 rings (SSSR count). The van der Waals surface area contributed by atoms with Gasteiger partial charge in [0.15, 0.2) is 11.5 Å². The first-order valence-electron chi connectivity index (χ1n) is 8.15. The van der Waals surface area contributed by atoms with Crippen LogP contribution in [0.25, 0.3) is 0 Å². The van der Waals surface area contributed by atoms with Crippen molar-refractivity contribution in [2.75, 3.05) is 13.7 Å². The number of carbonyl (C=O) groups is 1. The van der Waals surface area contributed by atoms with Crippen molar-refractivity contribution >= 4 is 6.03 Å². The number of methoxy groups -OCH3 is 1. The maximum atomic E-state index is 11.1. The lowest BCUT2D eigenvalue weighted by molar-refractivity contribution is -0.0463. The van der Waals surface area contributed by atoms with Gasteiger partial charge in [0.2, 0.25) is 0 Å². The number of hydrogen-bond acceptors (Lipinski definition) is 4. The number of nitrogens with two attached hydrogens (primary N) is 1. The summed E-state index contributed by atoms with van der Waals surface area (Å²) in [5.74, 6) is 1.28. The number of rotatable bonds is 7. The predicted molar refractivity (Wildman–Crippen MR) is 92.8 cm³/mol. The Hall–Kier alpha value is -2.73. The van der Waals surface area contributed by atoms with Crippen LogP contribution in [0.15, 0.2) is 48.5 Å². The second-order valence-corrected chi connectivity index (χ2v) is 6.32. The summed E-state index contributed by atoms with van der Waals surface area (Å²) in [6.07, 6.45) is 1.76. The normalized spacial score (nSPS) is 14.6. The molecule has 0 spiro atoms. The van der Waals surface area contributed by atoms with Gasteiger partial charge in [0.05, 0.1) is 13.7 Å². The van der Waals surface area contributed by atoms with Crippen LogP contribution in [0.1, 0.15) is 24.0 Å². The van der Waals surface area contributed by atoms with E-state index in [0.717, 1.165) is 24.0 Å². The maximum absolute atomic E-state index is 11.1. The van der Waals surface area contributed by atoms with Gasteiger partial charge >= 0.3 is 6.03 Å². The number of urea groups is 1. The van der Waals surface area contributed by atoms with E-state index in [1.165, 1.54) is 0 Å². The highest BCUT2D eigenvalue weighted by Crippen LogP contribution is 2.50. The molecule has 0 heterocycles. The molecule has 0 aliphatic heterocycles. The summed E-state index contributed by atoms with van der Waals surface area (Å²) in [5, 5.41) is 10.2. The van der Waals surface area contributed by atoms with Crippen molar-refractivity contribution < 1.29 is 19.5 Å². The van der Waals surface area contributed by atoms with E-state index in [1.807, 2.05) is 48.5 Å². The molecular formula is C19H22N2O4. The van der Waals surface area contributed by atoms with Gasteiger partial charge in [-0.3, -0.25) is 5.21 Å². The van der Waals surface area contributed by atoms with E-state index < -0.39 is 6.03 Å². The number of ether oxygens (including phenoxy) is 2. The second-order valence-electron chi connectivity index (χ2n) is 6.32. The van der Waals surface area contributed by atoms with E-state index in [9.17, 15) is 10.0 Å². The van der Waals surface area contributed by atoms with Crippen LogP contribution in [-0.4, -0.2) is 30.0 Å². The van der Waals surface area contributed by atoms with E-state index in [-0.39, 0.29) is 12.0 Å². The van der Waals surface area contributed by atoms with E-state index in [4.69, 9.17) is 15.2 Å². The summed E-state index contributed by atoms with van der Waals surface area (Å²) < 4.78 is 11.3. The molecule has 1 aliphatic carbocycles. The van der Waals surface area contributed by atoms with Gasteiger partial charge in [0.25, 0.3) is 0 Å². The third-order valence-corrected chi connectivity index (χ3v) is 4.57. The molecule has 2 aromatic carbocycles. The molecule has 0 aromatic heterocycles. The Morgan fingerprint density at radius 2 is 1.92 bits per heavy atom. The molecule has 0 unspecified atom stereocenters. The SMILES string of the molecule is COc1cc(C2(CN(O)C(N)=O)CC2)ccc1OCc1ccccc1. The quantitative estimate of drug-likeness (QED) is 0.598. The molecule has 1 saturated carbocycles.